The van der Waals surface area contributed by atoms with Crippen molar-refractivity contribution in [3.05, 3.63) is 24.3 Å². The molecule has 1 aliphatic carbocycles. The van der Waals surface area contributed by atoms with Crippen molar-refractivity contribution in [3.63, 3.8) is 0 Å². The second-order valence-electron chi connectivity index (χ2n) is 1.56. The highest BCUT2D eigenvalue weighted by molar-refractivity contribution is 6.21. The lowest BCUT2D eigenvalue weighted by Gasteiger charge is -1.99. The van der Waals surface area contributed by atoms with Crippen molar-refractivity contribution >= 4 is 11.6 Å². The Labute approximate surface area is 62.2 Å². The van der Waals surface area contributed by atoms with Gasteiger partial charge in [0.05, 0.1) is 5.38 Å². The summed E-state index contributed by atoms with van der Waals surface area (Å²) in [6.45, 7) is 4.00. The van der Waals surface area contributed by atoms with Crippen LogP contribution in [-0.2, 0) is 0 Å². The zero-order chi connectivity index (χ0) is 7.11. The van der Waals surface area contributed by atoms with Crippen molar-refractivity contribution in [2.24, 2.45) is 0 Å². The van der Waals surface area contributed by atoms with Crippen molar-refractivity contribution in [1.29, 1.82) is 0 Å². The first-order chi connectivity index (χ1) is 4.39. The molecule has 0 aromatic carbocycles. The quantitative estimate of drug-likeness (QED) is 0.459. The molecular formula is C8H13Cl. The van der Waals surface area contributed by atoms with Crippen molar-refractivity contribution < 1.29 is 0 Å². The molecule has 0 spiro atoms. The van der Waals surface area contributed by atoms with Crippen molar-refractivity contribution in [2.45, 2.75) is 25.6 Å². The van der Waals surface area contributed by atoms with Gasteiger partial charge in [-0.25, -0.2) is 0 Å². The van der Waals surface area contributed by atoms with E-state index in [9.17, 15) is 0 Å². The Balaban J connectivity index is 0.000000291. The Kier molecular flexibility index (Phi) is 5.75. The van der Waals surface area contributed by atoms with Gasteiger partial charge in [0.1, 0.15) is 0 Å². The van der Waals surface area contributed by atoms with Crippen molar-refractivity contribution in [2.75, 3.05) is 0 Å². The fraction of sp³-hybridized carbons (Fsp3) is 0.500. The summed E-state index contributed by atoms with van der Waals surface area (Å²) in [5, 5.41) is 0.241. The van der Waals surface area contributed by atoms with Gasteiger partial charge in [0.15, 0.2) is 0 Å². The molecule has 0 bridgehead atoms. The van der Waals surface area contributed by atoms with Gasteiger partial charge in [0.2, 0.25) is 0 Å². The minimum absolute atomic E-state index is 0.241. The van der Waals surface area contributed by atoms with Crippen LogP contribution in [0.3, 0.4) is 0 Å². The summed E-state index contributed by atoms with van der Waals surface area (Å²) in [6.07, 6.45) is 9.03. The number of allylic oxidation sites excluding steroid dienone is 4. The van der Waals surface area contributed by atoms with Gasteiger partial charge in [-0.15, -0.1) is 11.6 Å². The molecule has 0 aromatic heterocycles. The summed E-state index contributed by atoms with van der Waals surface area (Å²) < 4.78 is 0. The van der Waals surface area contributed by atoms with Gasteiger partial charge in [0, 0.05) is 0 Å². The second-order valence-corrected chi connectivity index (χ2v) is 2.13. The Morgan fingerprint density at radius 1 is 1.33 bits per heavy atom. The minimum atomic E-state index is 0.241. The standard InChI is InChI=1S/C6H7Cl.C2H6/c7-6-4-2-1-3-5-6;1-2/h1-4,6H,5H2;1-2H3. The summed E-state index contributed by atoms with van der Waals surface area (Å²) >= 11 is 5.68. The molecule has 1 atom stereocenters. The van der Waals surface area contributed by atoms with Crippen LogP contribution in [-0.4, -0.2) is 5.38 Å². The summed E-state index contributed by atoms with van der Waals surface area (Å²) in [5.74, 6) is 0. The van der Waals surface area contributed by atoms with E-state index in [0.29, 0.717) is 0 Å². The number of hydrogen-bond acceptors (Lipinski definition) is 0. The van der Waals surface area contributed by atoms with E-state index in [2.05, 4.69) is 6.08 Å². The Morgan fingerprint density at radius 3 is 2.22 bits per heavy atom. The van der Waals surface area contributed by atoms with E-state index >= 15 is 0 Å². The van der Waals surface area contributed by atoms with Crippen LogP contribution in [0.5, 0.6) is 0 Å². The van der Waals surface area contributed by atoms with Crippen LogP contribution >= 0.6 is 11.6 Å². The third kappa shape index (κ3) is 4.28. The third-order valence-electron chi connectivity index (χ3n) is 0.928. The van der Waals surface area contributed by atoms with E-state index in [1.165, 1.54) is 0 Å². The first kappa shape index (κ1) is 8.77. The van der Waals surface area contributed by atoms with Crippen LogP contribution in [0.1, 0.15) is 20.3 Å². The average Bonchev–Trinajstić information content (AvgIpc) is 1.94. The molecule has 1 rings (SSSR count). The summed E-state index contributed by atoms with van der Waals surface area (Å²) in [6, 6.07) is 0. The van der Waals surface area contributed by atoms with E-state index in [0.717, 1.165) is 6.42 Å². The molecule has 1 heteroatoms. The molecule has 0 saturated carbocycles. The SMILES string of the molecule is CC.ClC1C=CC=CC1. The third-order valence-corrected chi connectivity index (χ3v) is 1.25. The first-order valence-electron chi connectivity index (χ1n) is 3.37. The Bertz CT molecular complexity index is 103. The van der Waals surface area contributed by atoms with E-state index in [4.69, 9.17) is 11.6 Å². The molecule has 0 nitrogen and oxygen atoms in total. The monoisotopic (exact) mass is 144 g/mol. The van der Waals surface area contributed by atoms with Gasteiger partial charge in [-0.3, -0.25) is 0 Å². The fourth-order valence-electron chi connectivity index (χ4n) is 0.550. The number of hydrogen-bond donors (Lipinski definition) is 0. The molecule has 0 aromatic rings. The van der Waals surface area contributed by atoms with Gasteiger partial charge in [-0.05, 0) is 6.42 Å². The maximum atomic E-state index is 5.68. The van der Waals surface area contributed by atoms with Gasteiger partial charge in [-0.2, -0.15) is 0 Å². The predicted molar refractivity (Wildman–Crippen MR) is 43.9 cm³/mol. The van der Waals surface area contributed by atoms with Gasteiger partial charge < -0.3 is 0 Å². The molecular weight excluding hydrogens is 132 g/mol. The van der Waals surface area contributed by atoms with Crippen molar-refractivity contribution in [1.82, 2.24) is 0 Å². The zero-order valence-corrected chi connectivity index (χ0v) is 6.73. The maximum Gasteiger partial charge on any atom is 0.0553 e. The molecule has 0 saturated heterocycles. The lowest BCUT2D eigenvalue weighted by molar-refractivity contribution is 1.04. The van der Waals surface area contributed by atoms with Crippen LogP contribution in [0.2, 0.25) is 0 Å². The van der Waals surface area contributed by atoms with Crippen molar-refractivity contribution in [3.8, 4) is 0 Å². The van der Waals surface area contributed by atoms with Crippen LogP contribution in [0.25, 0.3) is 0 Å². The molecule has 1 aliphatic rings. The summed E-state index contributed by atoms with van der Waals surface area (Å²) in [5.41, 5.74) is 0. The van der Waals surface area contributed by atoms with E-state index in [1.54, 1.807) is 0 Å². The highest BCUT2D eigenvalue weighted by atomic mass is 35.5. The lowest BCUT2D eigenvalue weighted by Crippen LogP contribution is -1.91. The van der Waals surface area contributed by atoms with Gasteiger partial charge >= 0.3 is 0 Å². The van der Waals surface area contributed by atoms with Crippen LogP contribution in [0.4, 0.5) is 0 Å². The number of rotatable bonds is 0. The average molecular weight is 145 g/mol. The molecule has 52 valence electrons. The topological polar surface area (TPSA) is 0 Å². The summed E-state index contributed by atoms with van der Waals surface area (Å²) in [4.78, 5) is 0. The number of halogens is 1. The Hall–Kier alpha value is -0.230. The molecule has 9 heavy (non-hydrogen) atoms. The highest BCUT2D eigenvalue weighted by Gasteiger charge is 1.95. The minimum Gasteiger partial charge on any atom is -0.118 e. The molecule has 0 radical (unpaired) electrons. The van der Waals surface area contributed by atoms with E-state index < -0.39 is 0 Å². The maximum absolute atomic E-state index is 5.68. The molecule has 0 aliphatic heterocycles. The number of alkyl halides is 1. The highest BCUT2D eigenvalue weighted by Crippen LogP contribution is 2.08. The second kappa shape index (κ2) is 5.90. The fourth-order valence-corrected chi connectivity index (χ4v) is 0.737. The van der Waals surface area contributed by atoms with E-state index in [-0.39, 0.29) is 5.38 Å². The van der Waals surface area contributed by atoms with Crippen LogP contribution in [0, 0.1) is 0 Å². The van der Waals surface area contributed by atoms with E-state index in [1.807, 2.05) is 32.1 Å². The summed E-state index contributed by atoms with van der Waals surface area (Å²) in [7, 11) is 0. The lowest BCUT2D eigenvalue weighted by atomic mass is 10.2. The smallest absolute Gasteiger partial charge is 0.0553 e. The van der Waals surface area contributed by atoms with Gasteiger partial charge in [-0.1, -0.05) is 38.2 Å². The zero-order valence-electron chi connectivity index (χ0n) is 5.97. The molecule has 0 amide bonds. The molecule has 0 heterocycles. The Morgan fingerprint density at radius 2 is 2.00 bits per heavy atom. The van der Waals surface area contributed by atoms with Crippen LogP contribution < -0.4 is 0 Å². The van der Waals surface area contributed by atoms with Crippen LogP contribution in [0.15, 0.2) is 24.3 Å². The molecule has 1 unspecified atom stereocenters. The largest absolute Gasteiger partial charge is 0.118 e. The predicted octanol–water partition coefficient (Wildman–Crippen LogP) is 3.14. The van der Waals surface area contributed by atoms with Gasteiger partial charge in [0.25, 0.3) is 0 Å². The first-order valence-corrected chi connectivity index (χ1v) is 3.80. The molecule has 0 N–H and O–H groups in total. The molecule has 0 fully saturated rings. The normalized spacial score (nSPS) is 22.8.